The van der Waals surface area contributed by atoms with Gasteiger partial charge in [-0.3, -0.25) is 8.42 Å². The average molecular weight is 404 g/mol. The van der Waals surface area contributed by atoms with Crippen LogP contribution in [-0.4, -0.2) is 22.6 Å². The van der Waals surface area contributed by atoms with Gasteiger partial charge in [-0.25, -0.2) is 0 Å². The molecule has 0 aliphatic rings. The molecule has 0 unspecified atom stereocenters. The van der Waals surface area contributed by atoms with Crippen LogP contribution in [0.4, 0.5) is 0 Å². The second-order valence-electron chi connectivity index (χ2n) is 6.01. The molecule has 26 heavy (non-hydrogen) atoms. The van der Waals surface area contributed by atoms with Crippen LogP contribution in [0, 0.1) is 0 Å². The summed E-state index contributed by atoms with van der Waals surface area (Å²) in [6.45, 7) is 2.27. The second-order valence-corrected chi connectivity index (χ2v) is 6.82. The van der Waals surface area contributed by atoms with Crippen molar-refractivity contribution < 1.29 is 81.7 Å². The summed E-state index contributed by atoms with van der Waals surface area (Å²) in [7, 11) is -5.17. The Balaban J connectivity index is -0.000000668. The molecule has 0 atom stereocenters. The standard InChI is InChI=1S/C18H30O.2Na.H2O4S/c1-2-3-4-5-6-7-8-9-10-11-12-17-13-15-18(19)16-14-17;;;1-5(2,3)4/h13-16,19H,2-12H2,1H3;;;(H2,1,2,3,4)/q;2*+1;/p-2. The Morgan fingerprint density at radius 3 is 1.50 bits per heavy atom. The van der Waals surface area contributed by atoms with E-state index >= 15 is 0 Å². The zero-order chi connectivity index (χ0) is 18.3. The van der Waals surface area contributed by atoms with Crippen molar-refractivity contribution >= 4 is 10.4 Å². The van der Waals surface area contributed by atoms with E-state index in [-0.39, 0.29) is 59.1 Å². The molecule has 1 N–H and O–H groups in total. The van der Waals surface area contributed by atoms with Crippen LogP contribution in [0.5, 0.6) is 5.75 Å². The van der Waals surface area contributed by atoms with Crippen molar-refractivity contribution in [3.05, 3.63) is 29.8 Å². The maximum absolute atomic E-state index is 9.20. The first-order chi connectivity index (χ1) is 11.3. The minimum absolute atomic E-state index is 0. The Hall–Kier alpha value is 0.890. The summed E-state index contributed by atoms with van der Waals surface area (Å²) >= 11 is 0. The molecule has 0 heterocycles. The Morgan fingerprint density at radius 2 is 1.12 bits per heavy atom. The number of rotatable bonds is 11. The van der Waals surface area contributed by atoms with Crippen LogP contribution in [0.25, 0.3) is 0 Å². The van der Waals surface area contributed by atoms with Gasteiger partial charge in [-0.15, -0.1) is 0 Å². The van der Waals surface area contributed by atoms with Crippen LogP contribution in [0.15, 0.2) is 24.3 Å². The summed E-state index contributed by atoms with van der Waals surface area (Å²) in [5.41, 5.74) is 1.34. The Kier molecular flexibility index (Phi) is 25.0. The van der Waals surface area contributed by atoms with Crippen LogP contribution in [0.3, 0.4) is 0 Å². The van der Waals surface area contributed by atoms with Gasteiger partial charge in [-0.05, 0) is 30.5 Å². The summed E-state index contributed by atoms with van der Waals surface area (Å²) in [6.07, 6.45) is 15.0. The Bertz CT molecular complexity index is 499. The van der Waals surface area contributed by atoms with Gasteiger partial charge in [-0.1, -0.05) is 76.8 Å². The molecule has 0 bridgehead atoms. The zero-order valence-corrected chi connectivity index (χ0v) is 21.4. The third kappa shape index (κ3) is 27.1. The van der Waals surface area contributed by atoms with E-state index in [1.54, 1.807) is 12.1 Å². The largest absolute Gasteiger partial charge is 1.00 e. The first-order valence-electron chi connectivity index (χ1n) is 8.77. The molecule has 5 nitrogen and oxygen atoms in total. The quantitative estimate of drug-likeness (QED) is 0.210. The summed E-state index contributed by atoms with van der Waals surface area (Å²) in [6, 6.07) is 7.63. The fourth-order valence-electron chi connectivity index (χ4n) is 2.48. The van der Waals surface area contributed by atoms with Gasteiger partial charge < -0.3 is 14.2 Å². The van der Waals surface area contributed by atoms with Crippen molar-refractivity contribution in [1.29, 1.82) is 0 Å². The van der Waals surface area contributed by atoms with Gasteiger partial charge in [0.2, 0.25) is 0 Å². The molecule has 1 aromatic carbocycles. The van der Waals surface area contributed by atoms with Gasteiger partial charge >= 0.3 is 59.1 Å². The third-order valence-corrected chi connectivity index (χ3v) is 3.76. The number of aryl methyl sites for hydroxylation is 1. The van der Waals surface area contributed by atoms with E-state index in [1.807, 2.05) is 12.1 Å². The molecule has 1 aromatic rings. The molecule has 8 heteroatoms. The Labute approximate surface area is 203 Å². The van der Waals surface area contributed by atoms with E-state index in [0.29, 0.717) is 5.75 Å². The molecule has 0 fully saturated rings. The molecule has 0 saturated heterocycles. The molecule has 0 spiro atoms. The summed E-state index contributed by atoms with van der Waals surface area (Å²) in [5, 5.41) is 9.20. The van der Waals surface area contributed by atoms with E-state index in [9.17, 15) is 5.11 Å². The predicted octanol–water partition coefficient (Wildman–Crippen LogP) is -1.47. The van der Waals surface area contributed by atoms with Crippen molar-refractivity contribution in [2.45, 2.75) is 77.6 Å². The van der Waals surface area contributed by atoms with Gasteiger partial charge in [0, 0.05) is 10.4 Å². The molecular weight excluding hydrogens is 374 g/mol. The smallest absolute Gasteiger partial charge is 0.759 e. The van der Waals surface area contributed by atoms with Crippen molar-refractivity contribution in [3.63, 3.8) is 0 Å². The molecule has 1 rings (SSSR count). The first-order valence-corrected chi connectivity index (χ1v) is 10.1. The van der Waals surface area contributed by atoms with Crippen LogP contribution in [0.1, 0.15) is 76.7 Å². The third-order valence-electron chi connectivity index (χ3n) is 3.76. The van der Waals surface area contributed by atoms with Crippen LogP contribution in [-0.2, 0) is 16.8 Å². The number of hydrogen-bond donors (Lipinski definition) is 1. The summed E-state index contributed by atoms with van der Waals surface area (Å²) in [4.78, 5) is 0. The maximum atomic E-state index is 9.20. The van der Waals surface area contributed by atoms with E-state index in [2.05, 4.69) is 6.92 Å². The van der Waals surface area contributed by atoms with Crippen molar-refractivity contribution in [2.24, 2.45) is 0 Å². The number of hydrogen-bond acceptors (Lipinski definition) is 5. The maximum Gasteiger partial charge on any atom is 1.00 e. The van der Waals surface area contributed by atoms with Crippen molar-refractivity contribution in [1.82, 2.24) is 0 Å². The summed E-state index contributed by atoms with van der Waals surface area (Å²) < 4.78 is 34.1. The normalized spacial score (nSPS) is 10.1. The summed E-state index contributed by atoms with van der Waals surface area (Å²) in [5.74, 6) is 0.367. The van der Waals surface area contributed by atoms with Gasteiger partial charge in [0.15, 0.2) is 0 Å². The molecule has 0 aliphatic carbocycles. The minimum atomic E-state index is -5.17. The molecule has 0 saturated carbocycles. The van der Waals surface area contributed by atoms with Gasteiger partial charge in [-0.2, -0.15) is 0 Å². The van der Waals surface area contributed by atoms with Gasteiger partial charge in [0.1, 0.15) is 5.75 Å². The van der Waals surface area contributed by atoms with E-state index in [4.69, 9.17) is 17.5 Å². The average Bonchev–Trinajstić information content (AvgIpc) is 2.49. The van der Waals surface area contributed by atoms with E-state index in [0.717, 1.165) is 6.42 Å². The first kappa shape index (κ1) is 31.6. The SMILES string of the molecule is CCCCCCCCCCCCc1ccc(O)cc1.O=S(=O)([O-])[O-].[Na+].[Na+]. The number of aromatic hydroxyl groups is 1. The van der Waals surface area contributed by atoms with Crippen LogP contribution >= 0.6 is 0 Å². The number of unbranched alkanes of at least 4 members (excludes halogenated alkanes) is 9. The molecule has 140 valence electrons. The molecule has 0 amide bonds. The second kappa shape index (κ2) is 20.6. The van der Waals surface area contributed by atoms with Gasteiger partial charge in [0.25, 0.3) is 0 Å². The predicted molar refractivity (Wildman–Crippen MR) is 94.1 cm³/mol. The van der Waals surface area contributed by atoms with Crippen LogP contribution in [0.2, 0.25) is 0 Å². The van der Waals surface area contributed by atoms with Crippen molar-refractivity contribution in [2.75, 3.05) is 0 Å². The monoisotopic (exact) mass is 404 g/mol. The van der Waals surface area contributed by atoms with Crippen LogP contribution < -0.4 is 59.1 Å². The zero-order valence-electron chi connectivity index (χ0n) is 16.6. The van der Waals surface area contributed by atoms with Gasteiger partial charge in [0.05, 0.1) is 0 Å². The van der Waals surface area contributed by atoms with E-state index < -0.39 is 10.4 Å². The Morgan fingerprint density at radius 1 is 0.769 bits per heavy atom. The fraction of sp³-hybridized carbons (Fsp3) is 0.667. The fourth-order valence-corrected chi connectivity index (χ4v) is 2.48. The topological polar surface area (TPSA) is 100 Å². The molecular formula is C18H30Na2O5S. The molecule has 0 aliphatic heterocycles. The minimum Gasteiger partial charge on any atom is -0.759 e. The number of phenolic OH excluding ortho intramolecular Hbond substituents is 1. The van der Waals surface area contributed by atoms with E-state index in [1.165, 1.54) is 69.8 Å². The number of benzene rings is 1. The molecule has 0 radical (unpaired) electrons. The van der Waals surface area contributed by atoms with Crippen molar-refractivity contribution in [3.8, 4) is 5.75 Å². The number of phenols is 1. The molecule has 0 aromatic heterocycles.